The Morgan fingerprint density at radius 3 is 2.74 bits per heavy atom. The van der Waals surface area contributed by atoms with E-state index in [1.165, 1.54) is 0 Å². The van der Waals surface area contributed by atoms with Gasteiger partial charge in [-0.2, -0.15) is 0 Å². The van der Waals surface area contributed by atoms with Gasteiger partial charge in [0, 0.05) is 6.54 Å². The summed E-state index contributed by atoms with van der Waals surface area (Å²) in [6, 6.07) is 0.880. The third kappa shape index (κ3) is 3.88. The first kappa shape index (κ1) is 14.8. The molecule has 0 saturated carbocycles. The summed E-state index contributed by atoms with van der Waals surface area (Å²) in [6.45, 7) is 3.50. The number of aromatic carboxylic acids is 1. The van der Waals surface area contributed by atoms with Gasteiger partial charge >= 0.3 is 11.8 Å². The van der Waals surface area contributed by atoms with E-state index in [4.69, 9.17) is 5.11 Å². The third-order valence-corrected chi connectivity index (χ3v) is 2.73. The first-order valence-electron chi connectivity index (χ1n) is 5.61. The quantitative estimate of drug-likeness (QED) is 0.524. The highest BCUT2D eigenvalue weighted by molar-refractivity contribution is 5.94. The summed E-state index contributed by atoms with van der Waals surface area (Å²) in [7, 11) is 0. The van der Waals surface area contributed by atoms with Crippen molar-refractivity contribution >= 4 is 17.5 Å². The van der Waals surface area contributed by atoms with Gasteiger partial charge in [0.15, 0.2) is 6.20 Å². The number of hydrogen-bond acceptors (Lipinski definition) is 6. The van der Waals surface area contributed by atoms with Crippen LogP contribution in [-0.2, 0) is 0 Å². The number of rotatable bonds is 6. The molecule has 0 aliphatic rings. The topological polar surface area (TPSA) is 126 Å². The molecule has 1 aromatic heterocycles. The van der Waals surface area contributed by atoms with Gasteiger partial charge < -0.3 is 25.6 Å². The average Bonchev–Trinajstić information content (AvgIpc) is 2.36. The Hall–Kier alpha value is -2.22. The lowest BCUT2D eigenvalue weighted by atomic mass is 10.0. The highest BCUT2D eigenvalue weighted by atomic mass is 16.6. The van der Waals surface area contributed by atoms with Crippen molar-refractivity contribution in [3.63, 3.8) is 0 Å². The lowest BCUT2D eigenvalue weighted by Gasteiger charge is -2.22. The van der Waals surface area contributed by atoms with E-state index in [0.29, 0.717) is 6.42 Å². The van der Waals surface area contributed by atoms with Crippen molar-refractivity contribution in [1.29, 1.82) is 0 Å². The molecule has 1 heterocycles. The number of nitrogens with zero attached hydrogens (tertiary/aromatic N) is 2. The molecule has 0 aliphatic heterocycles. The van der Waals surface area contributed by atoms with E-state index in [2.05, 4.69) is 10.3 Å². The van der Waals surface area contributed by atoms with Crippen LogP contribution in [0.4, 0.5) is 11.5 Å². The van der Waals surface area contributed by atoms with Crippen LogP contribution in [0.5, 0.6) is 0 Å². The molecular weight excluding hydrogens is 254 g/mol. The number of nitro groups is 1. The van der Waals surface area contributed by atoms with Crippen LogP contribution in [0.15, 0.2) is 12.3 Å². The minimum atomic E-state index is -1.30. The molecule has 0 aliphatic carbocycles. The molecule has 1 rings (SSSR count). The van der Waals surface area contributed by atoms with Crippen LogP contribution in [0, 0.1) is 10.1 Å². The zero-order valence-corrected chi connectivity index (χ0v) is 10.6. The highest BCUT2D eigenvalue weighted by Gasteiger charge is 2.21. The van der Waals surface area contributed by atoms with E-state index in [1.54, 1.807) is 13.8 Å². The van der Waals surface area contributed by atoms with Crippen LogP contribution in [0.3, 0.4) is 0 Å². The van der Waals surface area contributed by atoms with Crippen LogP contribution in [0.25, 0.3) is 0 Å². The summed E-state index contributed by atoms with van der Waals surface area (Å²) in [6.07, 6.45) is 1.55. The zero-order chi connectivity index (χ0) is 14.6. The third-order valence-electron chi connectivity index (χ3n) is 2.73. The van der Waals surface area contributed by atoms with Crippen molar-refractivity contribution in [3.8, 4) is 0 Å². The second-order valence-corrected chi connectivity index (χ2v) is 4.35. The Kier molecular flexibility index (Phi) is 4.38. The van der Waals surface area contributed by atoms with E-state index in [9.17, 15) is 20.0 Å². The summed E-state index contributed by atoms with van der Waals surface area (Å²) in [4.78, 5) is 24.4. The lowest BCUT2D eigenvalue weighted by molar-refractivity contribution is -0.389. The maximum absolute atomic E-state index is 11.0. The standard InChI is InChI=1S/C11H15N3O5/c1-3-11(2,17)6-13-8-5-12-9(14(18)19)4-7(8)10(15)16/h4-5,13,17H,3,6H2,1-2H3,(H,15,16). The largest absolute Gasteiger partial charge is 0.478 e. The molecular formula is C11H15N3O5. The highest BCUT2D eigenvalue weighted by Crippen LogP contribution is 2.20. The van der Waals surface area contributed by atoms with Crippen molar-refractivity contribution < 1.29 is 19.9 Å². The predicted octanol–water partition coefficient (Wildman–Crippen LogP) is 1.26. The Morgan fingerprint density at radius 1 is 1.63 bits per heavy atom. The van der Waals surface area contributed by atoms with Gasteiger partial charge in [0.25, 0.3) is 0 Å². The number of carboxylic acid groups (broad SMARTS) is 1. The number of pyridine rings is 1. The minimum absolute atomic E-state index is 0.114. The second-order valence-electron chi connectivity index (χ2n) is 4.35. The van der Waals surface area contributed by atoms with E-state index < -0.39 is 22.3 Å². The van der Waals surface area contributed by atoms with Crippen LogP contribution < -0.4 is 5.32 Å². The average molecular weight is 269 g/mol. The first-order valence-corrected chi connectivity index (χ1v) is 5.61. The SMILES string of the molecule is CCC(C)(O)CNc1cnc([N+](=O)[O-])cc1C(=O)O. The molecule has 0 fully saturated rings. The summed E-state index contributed by atoms with van der Waals surface area (Å²) >= 11 is 0. The van der Waals surface area contributed by atoms with Crippen molar-refractivity contribution in [1.82, 2.24) is 4.98 Å². The molecule has 0 saturated heterocycles. The van der Waals surface area contributed by atoms with Gasteiger partial charge in [0.2, 0.25) is 0 Å². The van der Waals surface area contributed by atoms with E-state index in [-0.39, 0.29) is 17.8 Å². The van der Waals surface area contributed by atoms with Gasteiger partial charge in [-0.25, -0.2) is 4.79 Å². The summed E-state index contributed by atoms with van der Waals surface area (Å²) in [5, 5.41) is 32.1. The molecule has 0 bridgehead atoms. The maximum Gasteiger partial charge on any atom is 0.364 e. The van der Waals surface area contributed by atoms with Crippen LogP contribution in [-0.4, -0.2) is 38.2 Å². The fourth-order valence-corrected chi connectivity index (χ4v) is 1.27. The van der Waals surface area contributed by atoms with Gasteiger partial charge in [0.1, 0.15) is 0 Å². The second kappa shape index (κ2) is 5.61. The number of nitrogens with one attached hydrogen (secondary N) is 1. The van der Waals surface area contributed by atoms with Crippen molar-refractivity contribution in [2.24, 2.45) is 0 Å². The zero-order valence-electron chi connectivity index (χ0n) is 10.6. The molecule has 0 aromatic carbocycles. The van der Waals surface area contributed by atoms with Crippen LogP contribution >= 0.6 is 0 Å². The number of aliphatic hydroxyl groups is 1. The first-order chi connectivity index (χ1) is 8.76. The number of hydrogen-bond donors (Lipinski definition) is 3. The van der Waals surface area contributed by atoms with Gasteiger partial charge in [-0.15, -0.1) is 0 Å². The van der Waals surface area contributed by atoms with Crippen molar-refractivity contribution in [3.05, 3.63) is 27.9 Å². The molecule has 19 heavy (non-hydrogen) atoms. The number of carboxylic acids is 1. The summed E-state index contributed by atoms with van der Waals surface area (Å²) < 4.78 is 0. The summed E-state index contributed by atoms with van der Waals surface area (Å²) in [5.74, 6) is -1.84. The molecule has 1 unspecified atom stereocenters. The Labute approximate surface area is 109 Å². The molecule has 1 atom stereocenters. The molecule has 104 valence electrons. The van der Waals surface area contributed by atoms with Crippen LogP contribution in [0.2, 0.25) is 0 Å². The molecule has 8 nitrogen and oxygen atoms in total. The number of aromatic nitrogens is 1. The fraction of sp³-hybridized carbons (Fsp3) is 0.455. The molecule has 1 aromatic rings. The van der Waals surface area contributed by atoms with Gasteiger partial charge in [-0.1, -0.05) is 6.92 Å². The van der Waals surface area contributed by atoms with E-state index in [0.717, 1.165) is 12.3 Å². The fourth-order valence-electron chi connectivity index (χ4n) is 1.27. The Balaban J connectivity index is 3.01. The number of anilines is 1. The lowest BCUT2D eigenvalue weighted by Crippen LogP contribution is -2.32. The smallest absolute Gasteiger partial charge is 0.364 e. The minimum Gasteiger partial charge on any atom is -0.478 e. The molecule has 8 heteroatoms. The van der Waals surface area contributed by atoms with E-state index >= 15 is 0 Å². The van der Waals surface area contributed by atoms with Crippen LogP contribution in [0.1, 0.15) is 30.6 Å². The predicted molar refractivity (Wildman–Crippen MR) is 67.3 cm³/mol. The molecule has 0 amide bonds. The van der Waals surface area contributed by atoms with Crippen molar-refractivity contribution in [2.45, 2.75) is 25.9 Å². The van der Waals surface area contributed by atoms with Gasteiger partial charge in [0.05, 0.1) is 22.9 Å². The molecule has 3 N–H and O–H groups in total. The molecule has 0 radical (unpaired) electrons. The molecule has 0 spiro atoms. The maximum atomic E-state index is 11.0. The monoisotopic (exact) mass is 269 g/mol. The van der Waals surface area contributed by atoms with E-state index in [1.807, 2.05) is 0 Å². The Morgan fingerprint density at radius 2 is 2.26 bits per heavy atom. The van der Waals surface area contributed by atoms with Gasteiger partial charge in [-0.3, -0.25) is 0 Å². The summed E-state index contributed by atoms with van der Waals surface area (Å²) in [5.41, 5.74) is -1.13. The van der Waals surface area contributed by atoms with Gasteiger partial charge in [-0.05, 0) is 23.3 Å². The normalized spacial score (nSPS) is 13.6. The number of carbonyl (C=O) groups is 1. The van der Waals surface area contributed by atoms with Crippen molar-refractivity contribution in [2.75, 3.05) is 11.9 Å². The Bertz CT molecular complexity index is 501.